The first-order valence-electron chi connectivity index (χ1n) is 13.4. The van der Waals surface area contributed by atoms with Gasteiger partial charge < -0.3 is 10.1 Å². The van der Waals surface area contributed by atoms with Crippen LogP contribution in [-0.4, -0.2) is 11.8 Å². The van der Waals surface area contributed by atoms with Crippen molar-refractivity contribution < 1.29 is 14.3 Å². The number of hydrogen-bond acceptors (Lipinski definition) is 3. The lowest BCUT2D eigenvalue weighted by Crippen LogP contribution is -2.36. The van der Waals surface area contributed by atoms with Gasteiger partial charge in [0.2, 0.25) is 0 Å². The molecule has 0 saturated carbocycles. The molecule has 1 N–H and O–H groups in total. The highest BCUT2D eigenvalue weighted by atomic mass is 16.5. The van der Waals surface area contributed by atoms with E-state index in [9.17, 15) is 9.59 Å². The maximum Gasteiger partial charge on any atom is 0.294 e. The Morgan fingerprint density at radius 1 is 0.974 bits per heavy atom. The molecular weight excluding hydrogens is 484 g/mol. The van der Waals surface area contributed by atoms with Gasteiger partial charge in [-0.15, -0.1) is 0 Å². The topological polar surface area (TPSA) is 58.6 Å². The molecule has 1 aliphatic heterocycles. The summed E-state index contributed by atoms with van der Waals surface area (Å²) in [5.74, 6) is 0.587. The molecule has 5 nitrogen and oxygen atoms in total. The molecule has 0 aromatic heterocycles. The number of para-hydroxylation sites is 2. The molecule has 194 valence electrons. The van der Waals surface area contributed by atoms with E-state index in [1.165, 1.54) is 11.1 Å². The molecule has 0 fully saturated rings. The highest BCUT2D eigenvalue weighted by Crippen LogP contribution is 2.36. The van der Waals surface area contributed by atoms with Gasteiger partial charge in [0, 0.05) is 5.56 Å². The number of nitrogens with one attached hydrogen (secondary N) is 1. The Labute approximate surface area is 228 Å². The molecule has 2 amide bonds. The number of hydrogen-bond donors (Lipinski definition) is 1. The van der Waals surface area contributed by atoms with Crippen LogP contribution < -0.4 is 15.0 Å². The zero-order valence-electron chi connectivity index (χ0n) is 21.9. The van der Waals surface area contributed by atoms with Crippen LogP contribution in [0.4, 0.5) is 5.69 Å². The summed E-state index contributed by atoms with van der Waals surface area (Å²) in [6.07, 6.45) is 4.79. The molecule has 39 heavy (non-hydrogen) atoms. The van der Waals surface area contributed by atoms with Crippen molar-refractivity contribution in [2.24, 2.45) is 0 Å². The van der Waals surface area contributed by atoms with Crippen molar-refractivity contribution >= 4 is 23.6 Å². The van der Waals surface area contributed by atoms with Crippen LogP contribution in [0.5, 0.6) is 5.75 Å². The quantitative estimate of drug-likeness (QED) is 0.299. The average Bonchev–Trinajstić information content (AvgIpc) is 2.96. The first-order chi connectivity index (χ1) is 19.0. The first kappa shape index (κ1) is 24.7. The number of amides is 2. The van der Waals surface area contributed by atoms with Gasteiger partial charge in [-0.1, -0.05) is 78.4 Å². The Bertz CT molecular complexity index is 1570. The fourth-order valence-corrected chi connectivity index (χ4v) is 5.44. The third-order valence-corrected chi connectivity index (χ3v) is 7.40. The highest BCUT2D eigenvalue weighted by molar-refractivity contribution is 6.09. The third kappa shape index (κ3) is 5.21. The van der Waals surface area contributed by atoms with Crippen LogP contribution >= 0.6 is 0 Å². The van der Waals surface area contributed by atoms with Crippen LogP contribution in [0.2, 0.25) is 0 Å². The molecule has 0 radical (unpaired) electrons. The second kappa shape index (κ2) is 10.6. The molecule has 1 heterocycles. The van der Waals surface area contributed by atoms with E-state index < -0.39 is 0 Å². The lowest BCUT2D eigenvalue weighted by Gasteiger charge is -2.30. The van der Waals surface area contributed by atoms with Gasteiger partial charge in [0.1, 0.15) is 0 Å². The lowest BCUT2D eigenvalue weighted by atomic mass is 9.87. The lowest BCUT2D eigenvalue weighted by molar-refractivity contribution is -0.117. The molecule has 0 bridgehead atoms. The number of carbonyl (C=O) groups is 2. The molecule has 4 aromatic carbocycles. The summed E-state index contributed by atoms with van der Waals surface area (Å²) < 4.78 is 6.04. The second-order valence-corrected chi connectivity index (χ2v) is 10.2. The fraction of sp³-hybridized carbons (Fsp3) is 0.176. The van der Waals surface area contributed by atoms with Gasteiger partial charge in [-0.3, -0.25) is 14.5 Å². The predicted molar refractivity (Wildman–Crippen MR) is 153 cm³/mol. The SMILES string of the molecule is Cc1cccc(CN2C(=O)/C(=C\c3ccc(C(=O)NC4CCCc5ccccc54)cc3)Oc3ccccc32)c1. The molecule has 1 unspecified atom stereocenters. The van der Waals surface area contributed by atoms with Crippen molar-refractivity contribution in [2.45, 2.75) is 38.8 Å². The smallest absolute Gasteiger partial charge is 0.294 e. The molecule has 0 spiro atoms. The number of rotatable bonds is 5. The largest absolute Gasteiger partial charge is 0.449 e. The van der Waals surface area contributed by atoms with E-state index >= 15 is 0 Å². The van der Waals surface area contributed by atoms with E-state index in [0.29, 0.717) is 17.9 Å². The minimum Gasteiger partial charge on any atom is -0.449 e. The average molecular weight is 515 g/mol. The van der Waals surface area contributed by atoms with Crippen LogP contribution in [-0.2, 0) is 17.8 Å². The number of carbonyl (C=O) groups excluding carboxylic acids is 2. The summed E-state index contributed by atoms with van der Waals surface area (Å²) >= 11 is 0. The van der Waals surface area contributed by atoms with Crippen LogP contribution in [0.15, 0.2) is 103 Å². The maximum absolute atomic E-state index is 13.5. The van der Waals surface area contributed by atoms with Crippen molar-refractivity contribution in [1.29, 1.82) is 0 Å². The van der Waals surface area contributed by atoms with E-state index in [1.54, 1.807) is 23.1 Å². The summed E-state index contributed by atoms with van der Waals surface area (Å²) in [7, 11) is 0. The summed E-state index contributed by atoms with van der Waals surface area (Å²) in [5.41, 5.74) is 6.84. The Kier molecular flexibility index (Phi) is 6.72. The summed E-state index contributed by atoms with van der Waals surface area (Å²) in [5, 5.41) is 3.20. The van der Waals surface area contributed by atoms with E-state index in [-0.39, 0.29) is 23.6 Å². The molecule has 0 saturated heterocycles. The Morgan fingerprint density at radius 3 is 2.62 bits per heavy atom. The molecule has 4 aromatic rings. The number of fused-ring (bicyclic) bond motifs is 2. The van der Waals surface area contributed by atoms with Crippen molar-refractivity contribution in [3.8, 4) is 5.75 Å². The first-order valence-corrected chi connectivity index (χ1v) is 13.4. The van der Waals surface area contributed by atoms with E-state index in [2.05, 4.69) is 29.6 Å². The minimum atomic E-state index is -0.201. The van der Waals surface area contributed by atoms with Crippen molar-refractivity contribution in [3.05, 3.63) is 136 Å². The van der Waals surface area contributed by atoms with Gasteiger partial charge in [-0.2, -0.15) is 0 Å². The van der Waals surface area contributed by atoms with Crippen molar-refractivity contribution in [1.82, 2.24) is 5.32 Å². The molecule has 6 rings (SSSR count). The molecule has 1 aliphatic carbocycles. The van der Waals surface area contributed by atoms with Crippen LogP contribution in [0, 0.1) is 6.92 Å². The Morgan fingerprint density at radius 2 is 1.77 bits per heavy atom. The van der Waals surface area contributed by atoms with Gasteiger partial charge >= 0.3 is 0 Å². The van der Waals surface area contributed by atoms with Crippen LogP contribution in [0.3, 0.4) is 0 Å². The Balaban J connectivity index is 1.21. The zero-order valence-corrected chi connectivity index (χ0v) is 21.9. The van der Waals surface area contributed by atoms with Gasteiger partial charge in [0.25, 0.3) is 11.8 Å². The number of anilines is 1. The molecular formula is C34H30N2O3. The predicted octanol–water partition coefficient (Wildman–Crippen LogP) is 6.77. The van der Waals surface area contributed by atoms with Crippen LogP contribution in [0.25, 0.3) is 6.08 Å². The van der Waals surface area contributed by atoms with Gasteiger partial charge in [-0.25, -0.2) is 0 Å². The van der Waals surface area contributed by atoms with Gasteiger partial charge in [0.05, 0.1) is 18.3 Å². The third-order valence-electron chi connectivity index (χ3n) is 7.40. The van der Waals surface area contributed by atoms with Crippen molar-refractivity contribution in [3.63, 3.8) is 0 Å². The van der Waals surface area contributed by atoms with Crippen molar-refractivity contribution in [2.75, 3.05) is 4.90 Å². The summed E-state index contributed by atoms with van der Waals surface area (Å²) in [4.78, 5) is 28.3. The zero-order chi connectivity index (χ0) is 26.8. The fourth-order valence-electron chi connectivity index (χ4n) is 5.44. The number of benzene rings is 4. The normalized spacial score (nSPS) is 17.3. The molecule has 2 aliphatic rings. The second-order valence-electron chi connectivity index (χ2n) is 10.2. The number of aryl methyl sites for hydroxylation is 2. The standard InChI is InChI=1S/C34H30N2O3/c1-23-8-6-9-25(20-23)22-36-30-14-4-5-15-31(30)39-32(34(36)38)21-24-16-18-27(19-17-24)33(37)35-29-13-7-11-26-10-2-3-12-28(26)29/h2-6,8-10,12,14-21,29H,7,11,13,22H2,1H3,(H,35,37)/b32-21+. The van der Waals surface area contributed by atoms with E-state index in [1.807, 2.05) is 67.6 Å². The number of ether oxygens (including phenoxy) is 1. The summed E-state index contributed by atoms with van der Waals surface area (Å²) in [6, 6.07) is 31.4. The Hall–Kier alpha value is -4.64. The van der Waals surface area contributed by atoms with Gasteiger partial charge in [0.15, 0.2) is 11.5 Å². The van der Waals surface area contributed by atoms with Crippen LogP contribution in [0.1, 0.15) is 57.1 Å². The summed E-state index contributed by atoms with van der Waals surface area (Å²) in [6.45, 7) is 2.49. The molecule has 1 atom stereocenters. The monoisotopic (exact) mass is 514 g/mol. The van der Waals surface area contributed by atoms with Gasteiger partial charge in [-0.05, 0) is 78.8 Å². The number of nitrogens with zero attached hydrogens (tertiary/aromatic N) is 1. The van der Waals surface area contributed by atoms with E-state index in [4.69, 9.17) is 4.74 Å². The van der Waals surface area contributed by atoms with E-state index in [0.717, 1.165) is 41.6 Å². The molecule has 5 heteroatoms. The minimum absolute atomic E-state index is 0.0250. The highest BCUT2D eigenvalue weighted by Gasteiger charge is 2.30. The maximum atomic E-state index is 13.5.